The quantitative estimate of drug-likeness (QED) is 0.298. The third kappa shape index (κ3) is 3.51. The predicted molar refractivity (Wildman–Crippen MR) is 135 cm³/mol. The van der Waals surface area contributed by atoms with Crippen molar-refractivity contribution in [3.8, 4) is 0 Å². The number of nitrogens with zero attached hydrogens (tertiary/aromatic N) is 3. The highest BCUT2D eigenvalue weighted by atomic mass is 28.3. The van der Waals surface area contributed by atoms with E-state index in [2.05, 4.69) is 131 Å². The lowest BCUT2D eigenvalue weighted by Gasteiger charge is -2.44. The molecule has 0 saturated carbocycles. The third-order valence-electron chi connectivity index (χ3n) is 5.70. The van der Waals surface area contributed by atoms with Crippen LogP contribution in [0.5, 0.6) is 0 Å². The van der Waals surface area contributed by atoms with Crippen LogP contribution in [0.25, 0.3) is 0 Å². The molecule has 0 unspecified atom stereocenters. The lowest BCUT2D eigenvalue weighted by Crippen LogP contribution is -2.76. The summed E-state index contributed by atoms with van der Waals surface area (Å²) in [5, 5.41) is 3.85. The minimum Gasteiger partial charge on any atom is -0.340 e. The van der Waals surface area contributed by atoms with Gasteiger partial charge in [-0.1, -0.05) is 109 Å². The molecule has 154 valence electrons. The Kier molecular flexibility index (Phi) is 5.60. The molecule has 0 aliphatic rings. The number of anilines is 2. The van der Waals surface area contributed by atoms with Gasteiger partial charge in [0.25, 0.3) is 8.24 Å². The molecule has 0 N–H and O–H groups in total. The normalized spacial score (nSPS) is 11.1. The van der Waals surface area contributed by atoms with Gasteiger partial charge >= 0.3 is 0 Å². The Balaban J connectivity index is 1.94. The van der Waals surface area contributed by atoms with Crippen molar-refractivity contribution in [2.24, 2.45) is 0 Å². The number of para-hydroxylation sites is 1. The first-order chi connectivity index (χ1) is 15.9. The van der Waals surface area contributed by atoms with Crippen molar-refractivity contribution >= 4 is 35.3 Å². The maximum absolute atomic E-state index is 4.80. The summed E-state index contributed by atoms with van der Waals surface area (Å²) in [6, 6.07) is 43.0. The number of rotatable bonds is 6. The molecule has 4 heteroatoms. The second kappa shape index (κ2) is 9.00. The third-order valence-corrected chi connectivity index (χ3v) is 10.4. The number of hydrogen-bond acceptors (Lipinski definition) is 3. The SMILES string of the molecule is c1ccc(N(c2cnccn2)[Si](c2ccccc2)(c2ccccc2)c2ccccc2)cc1. The van der Waals surface area contributed by atoms with Crippen LogP contribution < -0.4 is 20.1 Å². The number of aromatic nitrogens is 2. The standard InChI is InChI=1S/C28H23N3Si/c1-5-13-24(14-6-1)31(28-23-29-21-22-30-28)32(25-15-7-2-8-16-25,26-17-9-3-10-18-26)27-19-11-4-12-20-27/h1-23H. The zero-order valence-corrected chi connectivity index (χ0v) is 18.6. The molecule has 1 heterocycles. The molecule has 0 amide bonds. The van der Waals surface area contributed by atoms with Crippen LogP contribution in [0, 0.1) is 0 Å². The second-order valence-electron chi connectivity index (χ2n) is 7.54. The van der Waals surface area contributed by atoms with Gasteiger partial charge in [0.1, 0.15) is 5.82 Å². The van der Waals surface area contributed by atoms with Crippen LogP contribution in [0.1, 0.15) is 0 Å². The summed E-state index contributed by atoms with van der Waals surface area (Å²) in [6.07, 6.45) is 5.36. The molecule has 0 spiro atoms. The van der Waals surface area contributed by atoms with Gasteiger partial charge < -0.3 is 4.57 Å². The van der Waals surface area contributed by atoms with Crippen LogP contribution in [0.4, 0.5) is 11.5 Å². The largest absolute Gasteiger partial charge is 0.340 e. The minimum absolute atomic E-state index is 0.835. The molecule has 4 aromatic carbocycles. The Morgan fingerprint density at radius 1 is 0.500 bits per heavy atom. The molecule has 0 aliphatic heterocycles. The Bertz CT molecular complexity index is 1110. The van der Waals surface area contributed by atoms with Gasteiger partial charge in [-0.05, 0) is 27.7 Å². The van der Waals surface area contributed by atoms with Crippen molar-refractivity contribution < 1.29 is 0 Å². The van der Waals surface area contributed by atoms with Gasteiger partial charge in [0.2, 0.25) is 0 Å². The van der Waals surface area contributed by atoms with Crippen LogP contribution >= 0.6 is 0 Å². The van der Waals surface area contributed by atoms with Crippen molar-refractivity contribution in [1.82, 2.24) is 9.97 Å². The van der Waals surface area contributed by atoms with E-state index in [0.717, 1.165) is 11.5 Å². The van der Waals surface area contributed by atoms with Crippen LogP contribution in [-0.2, 0) is 0 Å². The molecule has 1 aromatic heterocycles. The lowest BCUT2D eigenvalue weighted by molar-refractivity contribution is 1.15. The average Bonchev–Trinajstić information content (AvgIpc) is 2.90. The Morgan fingerprint density at radius 2 is 0.938 bits per heavy atom. The maximum atomic E-state index is 4.80. The summed E-state index contributed by atoms with van der Waals surface area (Å²) in [7, 11) is -2.80. The van der Waals surface area contributed by atoms with E-state index >= 15 is 0 Å². The van der Waals surface area contributed by atoms with E-state index < -0.39 is 8.24 Å². The van der Waals surface area contributed by atoms with E-state index in [1.54, 1.807) is 12.4 Å². The molecule has 3 nitrogen and oxygen atoms in total. The van der Waals surface area contributed by atoms with Gasteiger partial charge in [0.05, 0.1) is 6.20 Å². The molecule has 5 rings (SSSR count). The fourth-order valence-electron chi connectivity index (χ4n) is 4.41. The van der Waals surface area contributed by atoms with Crippen molar-refractivity contribution in [2.75, 3.05) is 4.57 Å². The Morgan fingerprint density at radius 3 is 1.34 bits per heavy atom. The van der Waals surface area contributed by atoms with Gasteiger partial charge in [-0.2, -0.15) is 0 Å². The van der Waals surface area contributed by atoms with Crippen LogP contribution in [0.15, 0.2) is 140 Å². The van der Waals surface area contributed by atoms with Gasteiger partial charge in [-0.3, -0.25) is 4.98 Å². The Hall–Kier alpha value is -4.02. The fraction of sp³-hybridized carbons (Fsp3) is 0. The summed E-state index contributed by atoms with van der Waals surface area (Å²) < 4.78 is 2.43. The van der Waals surface area contributed by atoms with Crippen molar-refractivity contribution in [1.29, 1.82) is 0 Å². The van der Waals surface area contributed by atoms with E-state index in [1.807, 2.05) is 6.20 Å². The van der Waals surface area contributed by atoms with Crippen molar-refractivity contribution in [2.45, 2.75) is 0 Å². The highest BCUT2D eigenvalue weighted by Crippen LogP contribution is 2.29. The van der Waals surface area contributed by atoms with E-state index in [4.69, 9.17) is 4.98 Å². The van der Waals surface area contributed by atoms with Crippen LogP contribution in [-0.4, -0.2) is 18.2 Å². The fourth-order valence-corrected chi connectivity index (χ4v) is 9.20. The summed E-state index contributed by atoms with van der Waals surface area (Å²) >= 11 is 0. The molecule has 0 atom stereocenters. The van der Waals surface area contributed by atoms with E-state index in [9.17, 15) is 0 Å². The Labute approximate surface area is 189 Å². The van der Waals surface area contributed by atoms with Crippen LogP contribution in [0.2, 0.25) is 0 Å². The van der Waals surface area contributed by atoms with Crippen molar-refractivity contribution in [3.63, 3.8) is 0 Å². The average molecular weight is 430 g/mol. The zero-order valence-electron chi connectivity index (χ0n) is 17.6. The minimum atomic E-state index is -2.80. The second-order valence-corrected chi connectivity index (χ2v) is 11.1. The summed E-state index contributed by atoms with van der Waals surface area (Å²) in [4.78, 5) is 9.24. The first kappa shape index (κ1) is 19.9. The number of benzene rings is 4. The summed E-state index contributed by atoms with van der Waals surface area (Å²) in [5.74, 6) is 0.835. The first-order valence-electron chi connectivity index (χ1n) is 10.7. The van der Waals surface area contributed by atoms with Gasteiger partial charge in [-0.25, -0.2) is 4.98 Å². The van der Waals surface area contributed by atoms with E-state index in [1.165, 1.54) is 15.6 Å². The van der Waals surface area contributed by atoms with Crippen LogP contribution in [0.3, 0.4) is 0 Å². The van der Waals surface area contributed by atoms with Gasteiger partial charge in [-0.15, -0.1) is 0 Å². The first-order valence-corrected chi connectivity index (χ1v) is 12.6. The van der Waals surface area contributed by atoms with E-state index in [0.29, 0.717) is 0 Å². The molecular formula is C28H23N3Si. The van der Waals surface area contributed by atoms with Gasteiger partial charge in [0.15, 0.2) is 0 Å². The van der Waals surface area contributed by atoms with E-state index in [-0.39, 0.29) is 0 Å². The predicted octanol–water partition coefficient (Wildman–Crippen LogP) is 4.28. The smallest absolute Gasteiger partial charge is 0.259 e. The highest BCUT2D eigenvalue weighted by molar-refractivity contribution is 7.14. The monoisotopic (exact) mass is 429 g/mol. The molecule has 0 saturated heterocycles. The number of hydrogen-bond donors (Lipinski definition) is 0. The molecule has 5 aromatic rings. The molecule has 0 radical (unpaired) electrons. The topological polar surface area (TPSA) is 29.0 Å². The molecular weight excluding hydrogens is 406 g/mol. The summed E-state index contributed by atoms with van der Waals surface area (Å²) in [6.45, 7) is 0. The van der Waals surface area contributed by atoms with Crippen molar-refractivity contribution in [3.05, 3.63) is 140 Å². The lowest BCUT2D eigenvalue weighted by atomic mass is 10.3. The zero-order chi connectivity index (χ0) is 21.6. The van der Waals surface area contributed by atoms with Gasteiger partial charge in [0, 0.05) is 18.1 Å². The highest BCUT2D eigenvalue weighted by Gasteiger charge is 2.47. The molecule has 0 bridgehead atoms. The molecule has 0 fully saturated rings. The molecule has 0 aliphatic carbocycles. The molecule has 32 heavy (non-hydrogen) atoms. The maximum Gasteiger partial charge on any atom is 0.259 e. The summed E-state index contributed by atoms with van der Waals surface area (Å²) in [5.41, 5.74) is 1.09.